The van der Waals surface area contributed by atoms with E-state index < -0.39 is 29.0 Å². The van der Waals surface area contributed by atoms with Crippen LogP contribution in [0.15, 0.2) is 12.1 Å². The molecule has 2 nitrogen and oxygen atoms in total. The molecule has 0 fully saturated rings. The average Bonchev–Trinajstić information content (AvgIpc) is 2.87. The zero-order valence-electron chi connectivity index (χ0n) is 14.9. The van der Waals surface area contributed by atoms with Crippen molar-refractivity contribution in [3.8, 4) is 0 Å². The van der Waals surface area contributed by atoms with Gasteiger partial charge in [-0.05, 0) is 18.6 Å². The second-order valence-corrected chi connectivity index (χ2v) is 6.72. The molecule has 0 radical (unpaired) electrons. The Kier molecular flexibility index (Phi) is 5.92. The standard InChI is InChI=1S/C18H22F6N2/c1-4-5-6-7-8-26-14-10-12(17(19,20)21)9-13(18(22,23)24)15(14)25-16(26)11(2)3/h9-11H,4-8H2,1-3H3. The Morgan fingerprint density at radius 1 is 0.962 bits per heavy atom. The number of halogens is 6. The van der Waals surface area contributed by atoms with E-state index in [0.29, 0.717) is 18.8 Å². The Morgan fingerprint density at radius 2 is 1.62 bits per heavy atom. The van der Waals surface area contributed by atoms with Crippen LogP contribution in [-0.2, 0) is 18.9 Å². The molecular weight excluding hydrogens is 358 g/mol. The first-order valence-electron chi connectivity index (χ1n) is 8.65. The van der Waals surface area contributed by atoms with Crippen LogP contribution < -0.4 is 0 Å². The van der Waals surface area contributed by atoms with Crippen molar-refractivity contribution >= 4 is 11.0 Å². The molecule has 0 spiro atoms. The zero-order chi connectivity index (χ0) is 19.7. The highest BCUT2D eigenvalue weighted by atomic mass is 19.4. The van der Waals surface area contributed by atoms with Gasteiger partial charge in [-0.1, -0.05) is 40.0 Å². The van der Waals surface area contributed by atoms with Crippen LogP contribution in [0, 0.1) is 0 Å². The van der Waals surface area contributed by atoms with Gasteiger partial charge in [0.1, 0.15) is 11.3 Å². The number of unbranched alkanes of at least 4 members (excludes halogenated alkanes) is 3. The van der Waals surface area contributed by atoms with Crippen molar-refractivity contribution < 1.29 is 26.3 Å². The number of alkyl halides is 6. The van der Waals surface area contributed by atoms with Crippen molar-refractivity contribution in [3.05, 3.63) is 29.1 Å². The van der Waals surface area contributed by atoms with E-state index in [4.69, 9.17) is 0 Å². The Labute approximate surface area is 148 Å². The number of rotatable bonds is 6. The molecule has 0 saturated carbocycles. The molecular formula is C18H22F6N2. The van der Waals surface area contributed by atoms with Gasteiger partial charge in [0.05, 0.1) is 16.6 Å². The van der Waals surface area contributed by atoms with Gasteiger partial charge >= 0.3 is 12.4 Å². The van der Waals surface area contributed by atoms with Gasteiger partial charge in [0.15, 0.2) is 0 Å². The first kappa shape index (κ1) is 20.6. The van der Waals surface area contributed by atoms with Crippen LogP contribution in [0.2, 0.25) is 0 Å². The van der Waals surface area contributed by atoms with Crippen molar-refractivity contribution in [3.63, 3.8) is 0 Å². The molecule has 0 bridgehead atoms. The summed E-state index contributed by atoms with van der Waals surface area (Å²) >= 11 is 0. The summed E-state index contributed by atoms with van der Waals surface area (Å²) in [6.07, 6.45) is -6.28. The number of nitrogens with zero attached hydrogens (tertiary/aromatic N) is 2. The number of hydrogen-bond donors (Lipinski definition) is 0. The monoisotopic (exact) mass is 380 g/mol. The smallest absolute Gasteiger partial charge is 0.328 e. The van der Waals surface area contributed by atoms with Crippen molar-refractivity contribution in [1.29, 1.82) is 0 Å². The van der Waals surface area contributed by atoms with Gasteiger partial charge in [-0.3, -0.25) is 0 Å². The molecule has 0 amide bonds. The van der Waals surface area contributed by atoms with Crippen molar-refractivity contribution in [2.75, 3.05) is 0 Å². The fourth-order valence-electron chi connectivity index (χ4n) is 2.99. The van der Waals surface area contributed by atoms with Gasteiger partial charge in [-0.25, -0.2) is 4.98 Å². The van der Waals surface area contributed by atoms with Gasteiger partial charge in [0.2, 0.25) is 0 Å². The summed E-state index contributed by atoms with van der Waals surface area (Å²) in [4.78, 5) is 4.08. The molecule has 1 heterocycles. The molecule has 0 aliphatic carbocycles. The predicted octanol–water partition coefficient (Wildman–Crippen LogP) is 6.78. The number of aryl methyl sites for hydroxylation is 1. The van der Waals surface area contributed by atoms with E-state index in [2.05, 4.69) is 4.98 Å². The normalized spacial score (nSPS) is 13.2. The molecule has 0 saturated heterocycles. The van der Waals surface area contributed by atoms with E-state index in [1.54, 1.807) is 13.8 Å². The molecule has 0 aliphatic rings. The molecule has 2 aromatic rings. The fraction of sp³-hybridized carbons (Fsp3) is 0.611. The quantitative estimate of drug-likeness (QED) is 0.399. The molecule has 2 rings (SSSR count). The second kappa shape index (κ2) is 7.48. The summed E-state index contributed by atoms with van der Waals surface area (Å²) < 4.78 is 81.0. The van der Waals surface area contributed by atoms with E-state index in [0.717, 1.165) is 25.3 Å². The first-order chi connectivity index (χ1) is 12.0. The van der Waals surface area contributed by atoms with Gasteiger partial charge < -0.3 is 4.57 Å². The van der Waals surface area contributed by atoms with Crippen molar-refractivity contribution in [2.24, 2.45) is 0 Å². The third-order valence-corrected chi connectivity index (χ3v) is 4.27. The van der Waals surface area contributed by atoms with Crippen LogP contribution >= 0.6 is 0 Å². The third kappa shape index (κ3) is 4.32. The lowest BCUT2D eigenvalue weighted by molar-refractivity contribution is -0.142. The summed E-state index contributed by atoms with van der Waals surface area (Å²) in [5, 5.41) is 0. The molecule has 0 N–H and O–H groups in total. The van der Waals surface area contributed by atoms with E-state index in [9.17, 15) is 26.3 Å². The van der Waals surface area contributed by atoms with Gasteiger partial charge in [0.25, 0.3) is 0 Å². The van der Waals surface area contributed by atoms with E-state index in [1.165, 1.54) is 4.57 Å². The molecule has 0 aliphatic heterocycles. The molecule has 1 aromatic heterocycles. The highest BCUT2D eigenvalue weighted by Gasteiger charge is 2.39. The number of benzene rings is 1. The maximum absolute atomic E-state index is 13.4. The third-order valence-electron chi connectivity index (χ3n) is 4.27. The molecule has 0 unspecified atom stereocenters. The molecule has 8 heteroatoms. The summed E-state index contributed by atoms with van der Waals surface area (Å²) in [5.41, 5.74) is -3.16. The molecule has 146 valence electrons. The highest BCUT2D eigenvalue weighted by Crippen LogP contribution is 2.40. The zero-order valence-corrected chi connectivity index (χ0v) is 14.9. The Balaban J connectivity index is 2.69. The number of aromatic nitrogens is 2. The fourth-order valence-corrected chi connectivity index (χ4v) is 2.99. The minimum Gasteiger partial charge on any atom is -0.328 e. The number of imidazole rings is 1. The van der Waals surface area contributed by atoms with Crippen LogP contribution in [0.1, 0.15) is 69.3 Å². The maximum atomic E-state index is 13.4. The summed E-state index contributed by atoms with van der Waals surface area (Å²) in [5.74, 6) is 0.172. The van der Waals surface area contributed by atoms with Crippen LogP contribution in [0.4, 0.5) is 26.3 Å². The second-order valence-electron chi connectivity index (χ2n) is 6.72. The highest BCUT2D eigenvalue weighted by molar-refractivity contribution is 5.81. The first-order valence-corrected chi connectivity index (χ1v) is 8.65. The molecule has 26 heavy (non-hydrogen) atoms. The van der Waals surface area contributed by atoms with Gasteiger partial charge in [-0.2, -0.15) is 26.3 Å². The topological polar surface area (TPSA) is 17.8 Å². The van der Waals surface area contributed by atoms with Crippen molar-refractivity contribution in [1.82, 2.24) is 9.55 Å². The Morgan fingerprint density at radius 3 is 2.12 bits per heavy atom. The Bertz CT molecular complexity index is 756. The minimum atomic E-state index is -4.91. The maximum Gasteiger partial charge on any atom is 0.418 e. The SMILES string of the molecule is CCCCCCn1c(C(C)C)nc2c(C(F)(F)F)cc(C(F)(F)F)cc21. The van der Waals surface area contributed by atoms with E-state index in [-0.39, 0.29) is 17.5 Å². The molecule has 1 aromatic carbocycles. The average molecular weight is 380 g/mol. The van der Waals surface area contributed by atoms with Crippen molar-refractivity contribution in [2.45, 2.75) is 71.3 Å². The summed E-state index contributed by atoms with van der Waals surface area (Å²) in [7, 11) is 0. The number of hydrogen-bond acceptors (Lipinski definition) is 1. The largest absolute Gasteiger partial charge is 0.418 e. The van der Waals surface area contributed by atoms with Crippen LogP contribution in [-0.4, -0.2) is 9.55 Å². The predicted molar refractivity (Wildman–Crippen MR) is 88.0 cm³/mol. The summed E-state index contributed by atoms with van der Waals surface area (Å²) in [6, 6.07) is 0.935. The van der Waals surface area contributed by atoms with E-state index in [1.807, 2.05) is 6.92 Å². The van der Waals surface area contributed by atoms with Gasteiger partial charge in [0, 0.05) is 12.5 Å². The van der Waals surface area contributed by atoms with E-state index >= 15 is 0 Å². The van der Waals surface area contributed by atoms with Crippen LogP contribution in [0.3, 0.4) is 0 Å². The summed E-state index contributed by atoms with van der Waals surface area (Å²) in [6.45, 7) is 5.91. The lowest BCUT2D eigenvalue weighted by Gasteiger charge is -2.14. The lowest BCUT2D eigenvalue weighted by Crippen LogP contribution is -2.12. The van der Waals surface area contributed by atoms with Gasteiger partial charge in [-0.15, -0.1) is 0 Å². The Hall–Kier alpha value is -1.73. The number of fused-ring (bicyclic) bond motifs is 1. The minimum absolute atomic E-state index is 0.104. The van der Waals surface area contributed by atoms with Crippen LogP contribution in [0.5, 0.6) is 0 Å². The lowest BCUT2D eigenvalue weighted by atomic mass is 10.1. The van der Waals surface area contributed by atoms with Crippen LogP contribution in [0.25, 0.3) is 11.0 Å². The molecule has 0 atom stereocenters.